The van der Waals surface area contributed by atoms with Crippen LogP contribution in [-0.2, 0) is 15.6 Å². The minimum atomic E-state index is -1.29. The van der Waals surface area contributed by atoms with Crippen LogP contribution in [0.25, 0.3) is 0 Å². The van der Waals surface area contributed by atoms with Gasteiger partial charge in [-0.1, -0.05) is 18.2 Å². The number of aliphatic carboxylic acids is 1. The minimum absolute atomic E-state index is 0.370. The summed E-state index contributed by atoms with van der Waals surface area (Å²) in [7, 11) is -1.29. The summed E-state index contributed by atoms with van der Waals surface area (Å²) in [4.78, 5) is 11.8. The molecule has 0 spiro atoms. The predicted octanol–water partition coefficient (Wildman–Crippen LogP) is 0.985. The van der Waals surface area contributed by atoms with E-state index in [1.165, 1.54) is 0 Å². The molecule has 4 unspecified atom stereocenters. The van der Waals surface area contributed by atoms with Gasteiger partial charge in [0.15, 0.2) is 0 Å². The lowest BCUT2D eigenvalue weighted by atomic mass is 10.1. The lowest BCUT2D eigenvalue weighted by Gasteiger charge is -2.17. The summed E-state index contributed by atoms with van der Waals surface area (Å²) in [5.74, 6) is -1.64. The average molecular weight is 253 g/mol. The standard InChI is InChI=1S/C12H15NO3S/c13-9-6-7-10(11(9)12(14)15)17(16)8-4-2-1-3-5-8/h1-5,9-11H,6-7,13H2,(H,14,15). The first-order valence-electron chi connectivity index (χ1n) is 5.55. The van der Waals surface area contributed by atoms with E-state index in [-0.39, 0.29) is 11.3 Å². The Labute approximate surface area is 102 Å². The first kappa shape index (κ1) is 12.3. The van der Waals surface area contributed by atoms with Crippen molar-refractivity contribution in [1.82, 2.24) is 0 Å². The molecule has 0 radical (unpaired) electrons. The van der Waals surface area contributed by atoms with E-state index >= 15 is 0 Å². The van der Waals surface area contributed by atoms with Crippen LogP contribution < -0.4 is 5.73 Å². The third-order valence-corrected chi connectivity index (χ3v) is 5.00. The Kier molecular flexibility index (Phi) is 3.59. The predicted molar refractivity (Wildman–Crippen MR) is 65.0 cm³/mol. The summed E-state index contributed by atoms with van der Waals surface area (Å²) >= 11 is 0. The van der Waals surface area contributed by atoms with Crippen LogP contribution in [0.15, 0.2) is 35.2 Å². The Morgan fingerprint density at radius 1 is 1.29 bits per heavy atom. The van der Waals surface area contributed by atoms with E-state index in [0.29, 0.717) is 17.7 Å². The maximum Gasteiger partial charge on any atom is 0.309 e. The van der Waals surface area contributed by atoms with Crippen molar-refractivity contribution >= 4 is 16.8 Å². The van der Waals surface area contributed by atoms with Gasteiger partial charge in [0.2, 0.25) is 0 Å². The van der Waals surface area contributed by atoms with E-state index in [0.717, 1.165) is 0 Å². The Hall–Kier alpha value is -1.20. The van der Waals surface area contributed by atoms with E-state index in [9.17, 15) is 9.00 Å². The van der Waals surface area contributed by atoms with Crippen LogP contribution in [0.3, 0.4) is 0 Å². The highest BCUT2D eigenvalue weighted by Crippen LogP contribution is 2.31. The zero-order valence-corrected chi connectivity index (χ0v) is 10.1. The smallest absolute Gasteiger partial charge is 0.309 e. The van der Waals surface area contributed by atoms with Crippen LogP contribution in [-0.4, -0.2) is 26.6 Å². The topological polar surface area (TPSA) is 80.4 Å². The average Bonchev–Trinajstić information content (AvgIpc) is 2.71. The second-order valence-electron chi connectivity index (χ2n) is 4.25. The summed E-state index contributed by atoms with van der Waals surface area (Å²) in [6, 6.07) is 8.59. The largest absolute Gasteiger partial charge is 0.481 e. The molecule has 1 fully saturated rings. The Morgan fingerprint density at radius 2 is 1.94 bits per heavy atom. The maximum atomic E-state index is 12.3. The number of hydrogen-bond donors (Lipinski definition) is 2. The van der Waals surface area contributed by atoms with Gasteiger partial charge in [-0.15, -0.1) is 0 Å². The van der Waals surface area contributed by atoms with Crippen molar-refractivity contribution in [2.75, 3.05) is 0 Å². The molecule has 0 aliphatic heterocycles. The van der Waals surface area contributed by atoms with Gasteiger partial charge in [0, 0.05) is 10.9 Å². The number of carboxylic acids is 1. The summed E-state index contributed by atoms with van der Waals surface area (Å²) in [6.45, 7) is 0. The quantitative estimate of drug-likeness (QED) is 0.841. The first-order valence-corrected chi connectivity index (χ1v) is 6.76. The van der Waals surface area contributed by atoms with Gasteiger partial charge < -0.3 is 10.8 Å². The summed E-state index contributed by atoms with van der Waals surface area (Å²) in [5, 5.41) is 8.76. The molecule has 0 bridgehead atoms. The fraction of sp³-hybridized carbons (Fsp3) is 0.417. The van der Waals surface area contributed by atoms with Crippen LogP contribution in [0.2, 0.25) is 0 Å². The molecule has 3 N–H and O–H groups in total. The van der Waals surface area contributed by atoms with Crippen molar-refractivity contribution in [2.45, 2.75) is 29.0 Å². The molecular formula is C12H15NO3S. The van der Waals surface area contributed by atoms with Crippen molar-refractivity contribution in [3.63, 3.8) is 0 Å². The monoisotopic (exact) mass is 253 g/mol. The Balaban J connectivity index is 2.23. The molecule has 17 heavy (non-hydrogen) atoms. The van der Waals surface area contributed by atoms with E-state index in [1.807, 2.05) is 6.07 Å². The van der Waals surface area contributed by atoms with Gasteiger partial charge in [0.25, 0.3) is 0 Å². The molecule has 1 aromatic rings. The number of carboxylic acid groups (broad SMARTS) is 1. The van der Waals surface area contributed by atoms with Gasteiger partial charge in [-0.05, 0) is 25.0 Å². The molecular weight excluding hydrogens is 238 g/mol. The zero-order chi connectivity index (χ0) is 12.4. The van der Waals surface area contributed by atoms with E-state index in [1.54, 1.807) is 24.3 Å². The number of carbonyl (C=O) groups is 1. The van der Waals surface area contributed by atoms with Crippen molar-refractivity contribution in [1.29, 1.82) is 0 Å². The van der Waals surface area contributed by atoms with E-state index in [2.05, 4.69) is 0 Å². The van der Waals surface area contributed by atoms with Crippen LogP contribution in [0.5, 0.6) is 0 Å². The van der Waals surface area contributed by atoms with Gasteiger partial charge in [0.05, 0.1) is 22.0 Å². The third kappa shape index (κ3) is 2.40. The van der Waals surface area contributed by atoms with Crippen LogP contribution in [0.1, 0.15) is 12.8 Å². The van der Waals surface area contributed by atoms with Crippen molar-refractivity contribution in [2.24, 2.45) is 11.7 Å². The highest BCUT2D eigenvalue weighted by molar-refractivity contribution is 7.85. The highest BCUT2D eigenvalue weighted by atomic mass is 32.2. The molecule has 0 aromatic heterocycles. The number of rotatable bonds is 3. The molecule has 2 rings (SSSR count). The molecule has 0 amide bonds. The molecule has 1 aliphatic rings. The fourth-order valence-corrected chi connectivity index (χ4v) is 4.01. The van der Waals surface area contributed by atoms with Crippen LogP contribution in [0.4, 0.5) is 0 Å². The van der Waals surface area contributed by atoms with Gasteiger partial charge in [-0.3, -0.25) is 9.00 Å². The summed E-state index contributed by atoms with van der Waals surface area (Å²) in [6.07, 6.45) is 1.24. The zero-order valence-electron chi connectivity index (χ0n) is 9.28. The normalized spacial score (nSPS) is 30.1. The van der Waals surface area contributed by atoms with Crippen molar-refractivity contribution in [3.05, 3.63) is 30.3 Å². The molecule has 0 saturated heterocycles. The lowest BCUT2D eigenvalue weighted by molar-refractivity contribution is -0.141. The number of benzene rings is 1. The third-order valence-electron chi connectivity index (χ3n) is 3.18. The van der Waals surface area contributed by atoms with Gasteiger partial charge >= 0.3 is 5.97 Å². The van der Waals surface area contributed by atoms with E-state index in [4.69, 9.17) is 10.8 Å². The van der Waals surface area contributed by atoms with E-state index < -0.39 is 22.7 Å². The Bertz CT molecular complexity index is 435. The molecule has 92 valence electrons. The highest BCUT2D eigenvalue weighted by Gasteiger charge is 2.42. The second-order valence-corrected chi connectivity index (χ2v) is 5.93. The summed E-state index contributed by atoms with van der Waals surface area (Å²) in [5.41, 5.74) is 5.77. The minimum Gasteiger partial charge on any atom is -0.481 e. The maximum absolute atomic E-state index is 12.3. The van der Waals surface area contributed by atoms with Crippen molar-refractivity contribution < 1.29 is 14.1 Å². The van der Waals surface area contributed by atoms with Gasteiger partial charge in [-0.2, -0.15) is 0 Å². The molecule has 1 aliphatic carbocycles. The molecule has 4 nitrogen and oxygen atoms in total. The molecule has 1 aromatic carbocycles. The molecule has 1 saturated carbocycles. The van der Waals surface area contributed by atoms with Crippen LogP contribution >= 0.6 is 0 Å². The molecule has 0 heterocycles. The summed E-state index contributed by atoms with van der Waals surface area (Å²) < 4.78 is 12.3. The molecule has 4 atom stereocenters. The number of hydrogen-bond acceptors (Lipinski definition) is 3. The van der Waals surface area contributed by atoms with Gasteiger partial charge in [-0.25, -0.2) is 0 Å². The molecule has 5 heteroatoms. The number of nitrogens with two attached hydrogens (primary N) is 1. The van der Waals surface area contributed by atoms with Crippen molar-refractivity contribution in [3.8, 4) is 0 Å². The SMILES string of the molecule is NC1CCC(S(=O)c2ccccc2)C1C(=O)O. The fourth-order valence-electron chi connectivity index (χ4n) is 2.30. The Morgan fingerprint density at radius 3 is 2.53 bits per heavy atom. The van der Waals surface area contributed by atoms with Gasteiger partial charge in [0.1, 0.15) is 0 Å². The lowest BCUT2D eigenvalue weighted by Crippen LogP contribution is -2.38. The first-order chi connectivity index (χ1) is 8.11. The van der Waals surface area contributed by atoms with Crippen LogP contribution in [0, 0.1) is 5.92 Å². The second kappa shape index (κ2) is 4.98.